The summed E-state index contributed by atoms with van der Waals surface area (Å²) in [6, 6.07) is 0. The van der Waals surface area contributed by atoms with Crippen LogP contribution in [0.25, 0.3) is 0 Å². The molecule has 0 rings (SSSR count). The minimum Gasteiger partial charge on any atom is -0.457 e. The number of ether oxygens (including phenoxy) is 5. The summed E-state index contributed by atoms with van der Waals surface area (Å²) in [6.45, 7) is 14.6. The van der Waals surface area contributed by atoms with Gasteiger partial charge in [-0.1, -0.05) is 13.2 Å². The molecule has 7 heteroatoms. The monoisotopic (exact) mass is 344 g/mol. The molecule has 0 aliphatic rings. The van der Waals surface area contributed by atoms with Crippen LogP contribution in [0.15, 0.2) is 25.3 Å². The molecule has 0 fully saturated rings. The zero-order chi connectivity index (χ0) is 18.6. The zero-order valence-electron chi connectivity index (χ0n) is 14.9. The lowest BCUT2D eigenvalue weighted by molar-refractivity contribution is -0.171. The van der Waals surface area contributed by atoms with Crippen LogP contribution in [-0.4, -0.2) is 56.4 Å². The van der Waals surface area contributed by atoms with Crippen molar-refractivity contribution in [2.45, 2.75) is 45.5 Å². The molecule has 0 aromatic rings. The molecule has 2 atom stereocenters. The normalized spacial score (nSPS) is 13.7. The Morgan fingerprint density at radius 1 is 0.958 bits per heavy atom. The number of hydrogen-bond donors (Lipinski definition) is 0. The van der Waals surface area contributed by atoms with E-state index in [4.69, 9.17) is 23.7 Å². The maximum atomic E-state index is 11.0. The fraction of sp³-hybridized carbons (Fsp3) is 0.647. The standard InChI is InChI=1S/C17H28O7/c1-7-15(18)23-13(3)9-20-11-17(5,6)22-12-21-10-14(4)24-16(19)8-2/h7-8,13-14H,1-2,9-12H2,3-6H3. The molecule has 0 spiro atoms. The summed E-state index contributed by atoms with van der Waals surface area (Å²) < 4.78 is 26.3. The van der Waals surface area contributed by atoms with Crippen molar-refractivity contribution in [3.05, 3.63) is 25.3 Å². The second kappa shape index (κ2) is 11.8. The molecule has 0 heterocycles. The van der Waals surface area contributed by atoms with Gasteiger partial charge in [0, 0.05) is 12.2 Å². The van der Waals surface area contributed by atoms with Crippen LogP contribution in [0.1, 0.15) is 27.7 Å². The predicted octanol–water partition coefficient (Wildman–Crippen LogP) is 2.01. The first kappa shape index (κ1) is 22.3. The Labute approximate surface area is 143 Å². The first-order valence-electron chi connectivity index (χ1n) is 7.65. The zero-order valence-corrected chi connectivity index (χ0v) is 14.9. The van der Waals surface area contributed by atoms with Gasteiger partial charge in [0.25, 0.3) is 0 Å². The second-order valence-corrected chi connectivity index (χ2v) is 5.81. The predicted molar refractivity (Wildman–Crippen MR) is 88.3 cm³/mol. The minimum absolute atomic E-state index is 0.0351. The molecule has 138 valence electrons. The number of carbonyl (C=O) groups excluding carboxylic acids is 2. The summed E-state index contributed by atoms with van der Waals surface area (Å²) in [5.41, 5.74) is -0.580. The van der Waals surface area contributed by atoms with Gasteiger partial charge in [0.2, 0.25) is 0 Å². The first-order valence-corrected chi connectivity index (χ1v) is 7.65. The Hall–Kier alpha value is -1.70. The van der Waals surface area contributed by atoms with E-state index < -0.39 is 17.5 Å². The average molecular weight is 344 g/mol. The minimum atomic E-state index is -0.580. The topological polar surface area (TPSA) is 80.3 Å². The summed E-state index contributed by atoms with van der Waals surface area (Å²) in [4.78, 5) is 22.0. The highest BCUT2D eigenvalue weighted by Crippen LogP contribution is 2.10. The summed E-state index contributed by atoms with van der Waals surface area (Å²) in [5, 5.41) is 0. The number of esters is 2. The van der Waals surface area contributed by atoms with Gasteiger partial charge in [-0.3, -0.25) is 0 Å². The molecule has 0 aromatic carbocycles. The van der Waals surface area contributed by atoms with Gasteiger partial charge in [-0.15, -0.1) is 0 Å². The van der Waals surface area contributed by atoms with Crippen LogP contribution >= 0.6 is 0 Å². The third kappa shape index (κ3) is 11.8. The van der Waals surface area contributed by atoms with Crippen molar-refractivity contribution in [1.29, 1.82) is 0 Å². The molecular formula is C17H28O7. The lowest BCUT2D eigenvalue weighted by atomic mass is 10.1. The van der Waals surface area contributed by atoms with Gasteiger partial charge < -0.3 is 23.7 Å². The Balaban J connectivity index is 3.85. The van der Waals surface area contributed by atoms with Crippen LogP contribution in [0.2, 0.25) is 0 Å². The van der Waals surface area contributed by atoms with E-state index in [-0.39, 0.29) is 32.2 Å². The maximum absolute atomic E-state index is 11.0. The highest BCUT2D eigenvalue weighted by Gasteiger charge is 2.20. The molecule has 0 aliphatic heterocycles. The quantitative estimate of drug-likeness (QED) is 0.219. The maximum Gasteiger partial charge on any atom is 0.330 e. The molecule has 0 aliphatic carbocycles. The lowest BCUT2D eigenvalue weighted by Gasteiger charge is -2.26. The summed E-state index contributed by atoms with van der Waals surface area (Å²) >= 11 is 0. The largest absolute Gasteiger partial charge is 0.457 e. The summed E-state index contributed by atoms with van der Waals surface area (Å²) in [6.07, 6.45) is 1.44. The Kier molecular flexibility index (Phi) is 10.9. The van der Waals surface area contributed by atoms with Crippen molar-refractivity contribution < 1.29 is 33.3 Å². The molecule has 0 saturated carbocycles. The van der Waals surface area contributed by atoms with Gasteiger partial charge in [0.15, 0.2) is 0 Å². The highest BCUT2D eigenvalue weighted by atomic mass is 16.7. The van der Waals surface area contributed by atoms with Gasteiger partial charge in [-0.2, -0.15) is 0 Å². The van der Waals surface area contributed by atoms with Crippen LogP contribution in [-0.2, 0) is 33.3 Å². The second-order valence-electron chi connectivity index (χ2n) is 5.81. The number of hydrogen-bond acceptors (Lipinski definition) is 7. The third-order valence-electron chi connectivity index (χ3n) is 2.66. The van der Waals surface area contributed by atoms with E-state index in [2.05, 4.69) is 13.2 Å². The number of rotatable bonds is 13. The Morgan fingerprint density at radius 2 is 1.42 bits per heavy atom. The molecular weight excluding hydrogens is 316 g/mol. The molecule has 0 amide bonds. The van der Waals surface area contributed by atoms with E-state index >= 15 is 0 Å². The first-order chi connectivity index (χ1) is 11.2. The average Bonchev–Trinajstić information content (AvgIpc) is 2.51. The Bertz CT molecular complexity index is 417. The van der Waals surface area contributed by atoms with E-state index in [0.717, 1.165) is 12.2 Å². The lowest BCUT2D eigenvalue weighted by Crippen LogP contribution is -2.34. The molecule has 7 nitrogen and oxygen atoms in total. The summed E-state index contributed by atoms with van der Waals surface area (Å²) in [5.74, 6) is -0.978. The van der Waals surface area contributed by atoms with Crippen molar-refractivity contribution in [3.63, 3.8) is 0 Å². The SMILES string of the molecule is C=CC(=O)OC(C)COCOC(C)(C)COCC(C)OC(=O)C=C. The van der Waals surface area contributed by atoms with E-state index in [1.165, 1.54) is 0 Å². The van der Waals surface area contributed by atoms with Crippen molar-refractivity contribution in [2.24, 2.45) is 0 Å². The molecule has 0 aromatic heterocycles. The van der Waals surface area contributed by atoms with Gasteiger partial charge in [0.1, 0.15) is 19.0 Å². The molecule has 24 heavy (non-hydrogen) atoms. The van der Waals surface area contributed by atoms with Crippen molar-refractivity contribution in [1.82, 2.24) is 0 Å². The fourth-order valence-corrected chi connectivity index (χ4v) is 1.49. The van der Waals surface area contributed by atoms with Crippen LogP contribution in [0.4, 0.5) is 0 Å². The van der Waals surface area contributed by atoms with Crippen LogP contribution in [0.3, 0.4) is 0 Å². The molecule has 0 radical (unpaired) electrons. The van der Waals surface area contributed by atoms with Gasteiger partial charge in [-0.25, -0.2) is 9.59 Å². The molecule has 2 unspecified atom stereocenters. The highest BCUT2D eigenvalue weighted by molar-refractivity contribution is 5.81. The van der Waals surface area contributed by atoms with Gasteiger partial charge >= 0.3 is 11.9 Å². The molecule has 0 saturated heterocycles. The third-order valence-corrected chi connectivity index (χ3v) is 2.66. The summed E-state index contributed by atoms with van der Waals surface area (Å²) in [7, 11) is 0. The van der Waals surface area contributed by atoms with Crippen molar-refractivity contribution >= 4 is 11.9 Å². The number of carbonyl (C=O) groups is 2. The fourth-order valence-electron chi connectivity index (χ4n) is 1.49. The van der Waals surface area contributed by atoms with E-state index in [0.29, 0.717) is 6.61 Å². The van der Waals surface area contributed by atoms with Crippen molar-refractivity contribution in [3.8, 4) is 0 Å². The van der Waals surface area contributed by atoms with E-state index in [9.17, 15) is 9.59 Å². The smallest absolute Gasteiger partial charge is 0.330 e. The van der Waals surface area contributed by atoms with Gasteiger partial charge in [-0.05, 0) is 27.7 Å². The molecule has 0 N–H and O–H groups in total. The van der Waals surface area contributed by atoms with Gasteiger partial charge in [0.05, 0.1) is 25.4 Å². The Morgan fingerprint density at radius 3 is 1.88 bits per heavy atom. The van der Waals surface area contributed by atoms with E-state index in [1.807, 2.05) is 13.8 Å². The van der Waals surface area contributed by atoms with Crippen LogP contribution < -0.4 is 0 Å². The van der Waals surface area contributed by atoms with E-state index in [1.54, 1.807) is 13.8 Å². The van der Waals surface area contributed by atoms with Crippen LogP contribution in [0, 0.1) is 0 Å². The van der Waals surface area contributed by atoms with Crippen LogP contribution in [0.5, 0.6) is 0 Å². The molecule has 0 bridgehead atoms. The van der Waals surface area contributed by atoms with Crippen molar-refractivity contribution in [2.75, 3.05) is 26.6 Å².